The van der Waals surface area contributed by atoms with E-state index in [9.17, 15) is 0 Å². The molecule has 2 aromatic rings. The first-order chi connectivity index (χ1) is 9.13. The molecule has 1 aromatic carbocycles. The Morgan fingerprint density at radius 1 is 1.26 bits per heavy atom. The van der Waals surface area contributed by atoms with Crippen LogP contribution in [0.15, 0.2) is 24.3 Å². The molecule has 1 heterocycles. The van der Waals surface area contributed by atoms with Gasteiger partial charge < -0.3 is 15.2 Å². The van der Waals surface area contributed by atoms with Crippen LogP contribution in [0.2, 0.25) is 0 Å². The quantitative estimate of drug-likeness (QED) is 0.838. The molecule has 0 aliphatic rings. The number of nitrogens with zero attached hydrogens (tertiary/aromatic N) is 2. The smallest absolute Gasteiger partial charge is 0.163 e. The minimum atomic E-state index is 0.434. The third kappa shape index (κ3) is 2.99. The Labute approximate surface area is 112 Å². The van der Waals surface area contributed by atoms with Crippen LogP contribution >= 0.6 is 0 Å². The molecule has 2 N–H and O–H groups in total. The molecule has 5 nitrogen and oxygen atoms in total. The van der Waals surface area contributed by atoms with Crippen LogP contribution in [0.5, 0.6) is 11.5 Å². The molecule has 0 spiro atoms. The first-order valence-electron chi connectivity index (χ1n) is 6.22. The van der Waals surface area contributed by atoms with E-state index < -0.39 is 0 Å². The maximum atomic E-state index is 5.77. The molecule has 102 valence electrons. The number of benzene rings is 1. The Balaban J connectivity index is 2.13. The lowest BCUT2D eigenvalue weighted by Crippen LogP contribution is -2.04. The van der Waals surface area contributed by atoms with Gasteiger partial charge in [-0.1, -0.05) is 6.92 Å². The molecule has 1 aromatic heterocycles. The Morgan fingerprint density at radius 3 is 2.68 bits per heavy atom. The van der Waals surface area contributed by atoms with E-state index in [4.69, 9.17) is 15.2 Å². The first-order valence-corrected chi connectivity index (χ1v) is 6.22. The molecule has 0 saturated heterocycles. The number of nitrogen functional groups attached to an aromatic ring is 1. The summed E-state index contributed by atoms with van der Waals surface area (Å²) in [5.74, 6) is 1.31. The van der Waals surface area contributed by atoms with Crippen LogP contribution in [0.25, 0.3) is 0 Å². The Hall–Kier alpha value is -2.17. The summed E-state index contributed by atoms with van der Waals surface area (Å²) in [5.41, 5.74) is 8.47. The molecule has 0 aliphatic heterocycles. The van der Waals surface area contributed by atoms with Crippen LogP contribution in [0.1, 0.15) is 18.3 Å². The number of hydrogen-bond acceptors (Lipinski definition) is 4. The average Bonchev–Trinajstić information content (AvgIpc) is 2.77. The summed E-state index contributed by atoms with van der Waals surface area (Å²) in [6.07, 6.45) is 0.912. The summed E-state index contributed by atoms with van der Waals surface area (Å²) in [5, 5.41) is 4.38. The molecule has 0 atom stereocenters. The van der Waals surface area contributed by atoms with Gasteiger partial charge in [0.2, 0.25) is 0 Å². The lowest BCUT2D eigenvalue weighted by Gasteiger charge is -2.11. The third-order valence-electron chi connectivity index (χ3n) is 2.95. The molecule has 5 heteroatoms. The van der Waals surface area contributed by atoms with E-state index >= 15 is 0 Å². The predicted octanol–water partition coefficient (Wildman–Crippen LogP) is 2.15. The standard InChI is InChI=1S/C14H19N3O2/c1-4-11-8-12(17(2)16-11)9-19-14-7-10(15)5-6-13(14)18-3/h5-8H,4,9,15H2,1-3H3. The van der Waals surface area contributed by atoms with Gasteiger partial charge in [0.05, 0.1) is 18.5 Å². The number of ether oxygens (including phenoxy) is 2. The first kappa shape index (κ1) is 13.3. The van der Waals surface area contributed by atoms with Gasteiger partial charge in [-0.15, -0.1) is 0 Å². The van der Waals surface area contributed by atoms with Crippen molar-refractivity contribution in [3.63, 3.8) is 0 Å². The summed E-state index contributed by atoms with van der Waals surface area (Å²) in [4.78, 5) is 0. The summed E-state index contributed by atoms with van der Waals surface area (Å²) >= 11 is 0. The van der Waals surface area contributed by atoms with Gasteiger partial charge in [-0.05, 0) is 24.6 Å². The minimum absolute atomic E-state index is 0.434. The minimum Gasteiger partial charge on any atom is -0.493 e. The van der Waals surface area contributed by atoms with Gasteiger partial charge >= 0.3 is 0 Å². The van der Waals surface area contributed by atoms with Crippen molar-refractivity contribution in [2.24, 2.45) is 7.05 Å². The van der Waals surface area contributed by atoms with E-state index in [0.717, 1.165) is 17.8 Å². The lowest BCUT2D eigenvalue weighted by molar-refractivity contribution is 0.276. The van der Waals surface area contributed by atoms with Crippen LogP contribution in [0.3, 0.4) is 0 Å². The van der Waals surface area contributed by atoms with E-state index in [0.29, 0.717) is 23.8 Å². The highest BCUT2D eigenvalue weighted by Gasteiger charge is 2.08. The Morgan fingerprint density at radius 2 is 2.05 bits per heavy atom. The zero-order valence-electron chi connectivity index (χ0n) is 11.5. The second kappa shape index (κ2) is 5.65. The fourth-order valence-corrected chi connectivity index (χ4v) is 1.84. The fraction of sp³-hybridized carbons (Fsp3) is 0.357. The number of methoxy groups -OCH3 is 1. The maximum absolute atomic E-state index is 5.77. The zero-order chi connectivity index (χ0) is 13.8. The highest BCUT2D eigenvalue weighted by atomic mass is 16.5. The molecule has 0 amide bonds. The van der Waals surface area contributed by atoms with Gasteiger partial charge in [0, 0.05) is 18.8 Å². The summed E-state index contributed by atoms with van der Waals surface area (Å²) in [6, 6.07) is 7.38. The number of rotatable bonds is 5. The third-order valence-corrected chi connectivity index (χ3v) is 2.95. The summed E-state index contributed by atoms with van der Waals surface area (Å²) in [7, 11) is 3.52. The summed E-state index contributed by atoms with van der Waals surface area (Å²) < 4.78 is 12.8. The van der Waals surface area contributed by atoms with Crippen molar-refractivity contribution in [1.29, 1.82) is 0 Å². The Bertz CT molecular complexity index is 564. The molecule has 0 unspecified atom stereocenters. The van der Waals surface area contributed by atoms with E-state index in [1.54, 1.807) is 25.3 Å². The normalized spacial score (nSPS) is 10.5. The predicted molar refractivity (Wildman–Crippen MR) is 74.3 cm³/mol. The van der Waals surface area contributed by atoms with Gasteiger partial charge in [-0.25, -0.2) is 0 Å². The number of aromatic nitrogens is 2. The monoisotopic (exact) mass is 261 g/mol. The molecular weight excluding hydrogens is 242 g/mol. The molecule has 0 fully saturated rings. The van der Waals surface area contributed by atoms with Crippen molar-refractivity contribution in [3.8, 4) is 11.5 Å². The van der Waals surface area contributed by atoms with Gasteiger partial charge in [-0.3, -0.25) is 4.68 Å². The highest BCUT2D eigenvalue weighted by molar-refractivity contribution is 5.51. The lowest BCUT2D eigenvalue weighted by atomic mass is 10.3. The number of hydrogen-bond donors (Lipinski definition) is 1. The maximum Gasteiger partial charge on any atom is 0.163 e. The number of aryl methyl sites for hydroxylation is 2. The summed E-state index contributed by atoms with van der Waals surface area (Å²) in [6.45, 7) is 2.51. The molecule has 19 heavy (non-hydrogen) atoms. The Kier molecular flexibility index (Phi) is 3.94. The van der Waals surface area contributed by atoms with Crippen LogP contribution < -0.4 is 15.2 Å². The molecule has 0 radical (unpaired) electrons. The fourth-order valence-electron chi connectivity index (χ4n) is 1.84. The van der Waals surface area contributed by atoms with Crippen molar-refractivity contribution < 1.29 is 9.47 Å². The topological polar surface area (TPSA) is 62.3 Å². The van der Waals surface area contributed by atoms with Gasteiger partial charge in [0.25, 0.3) is 0 Å². The number of anilines is 1. The average molecular weight is 261 g/mol. The van der Waals surface area contributed by atoms with Crippen LogP contribution in [0, 0.1) is 0 Å². The SMILES string of the molecule is CCc1cc(COc2cc(N)ccc2OC)n(C)n1. The van der Waals surface area contributed by atoms with Crippen LogP contribution in [-0.2, 0) is 20.1 Å². The van der Waals surface area contributed by atoms with Crippen molar-refractivity contribution in [2.75, 3.05) is 12.8 Å². The number of nitrogens with two attached hydrogens (primary N) is 1. The van der Waals surface area contributed by atoms with E-state index in [-0.39, 0.29) is 0 Å². The van der Waals surface area contributed by atoms with E-state index in [2.05, 4.69) is 12.0 Å². The van der Waals surface area contributed by atoms with Crippen molar-refractivity contribution in [2.45, 2.75) is 20.0 Å². The van der Waals surface area contributed by atoms with E-state index in [1.807, 2.05) is 17.8 Å². The second-order valence-electron chi connectivity index (χ2n) is 4.30. The van der Waals surface area contributed by atoms with Crippen molar-refractivity contribution in [3.05, 3.63) is 35.7 Å². The van der Waals surface area contributed by atoms with Crippen molar-refractivity contribution >= 4 is 5.69 Å². The van der Waals surface area contributed by atoms with Gasteiger partial charge in [0.1, 0.15) is 6.61 Å². The van der Waals surface area contributed by atoms with Gasteiger partial charge in [-0.2, -0.15) is 5.10 Å². The van der Waals surface area contributed by atoms with Crippen LogP contribution in [-0.4, -0.2) is 16.9 Å². The molecular formula is C14H19N3O2. The van der Waals surface area contributed by atoms with Crippen molar-refractivity contribution in [1.82, 2.24) is 9.78 Å². The highest BCUT2D eigenvalue weighted by Crippen LogP contribution is 2.29. The molecule has 2 rings (SSSR count). The van der Waals surface area contributed by atoms with Gasteiger partial charge in [0.15, 0.2) is 11.5 Å². The second-order valence-corrected chi connectivity index (χ2v) is 4.30. The molecule has 0 saturated carbocycles. The molecule has 0 aliphatic carbocycles. The largest absolute Gasteiger partial charge is 0.493 e. The zero-order valence-corrected chi connectivity index (χ0v) is 11.5. The molecule has 0 bridgehead atoms. The van der Waals surface area contributed by atoms with Crippen LogP contribution in [0.4, 0.5) is 5.69 Å². The van der Waals surface area contributed by atoms with E-state index in [1.165, 1.54) is 0 Å².